The Bertz CT molecular complexity index is 1450. The third-order valence-corrected chi connectivity index (χ3v) is 9.16. The summed E-state index contributed by atoms with van der Waals surface area (Å²) in [6.45, 7) is 5.43. The van der Waals surface area contributed by atoms with Gasteiger partial charge in [-0.15, -0.1) is 0 Å². The van der Waals surface area contributed by atoms with Crippen molar-refractivity contribution in [1.82, 2.24) is 14.9 Å². The number of allylic oxidation sites excluding steroid dienone is 2. The number of benzene rings is 2. The third-order valence-electron chi connectivity index (χ3n) is 7.94. The SMILES string of the molecule is CCCC1C(C(=O)N[C@@H](Cc2ccccc2)[C@H](O)CNC2CC2)=C(C)N(S(C)(=O)=O)C(C)=C1C(=O)OCc1ccccc1. The van der Waals surface area contributed by atoms with Gasteiger partial charge >= 0.3 is 5.97 Å². The maximum absolute atomic E-state index is 14.2. The van der Waals surface area contributed by atoms with Crippen LogP contribution in [0.15, 0.2) is 83.2 Å². The van der Waals surface area contributed by atoms with Crippen LogP contribution in [0.25, 0.3) is 0 Å². The van der Waals surface area contributed by atoms with Gasteiger partial charge < -0.3 is 20.5 Å². The molecule has 4 rings (SSSR count). The van der Waals surface area contributed by atoms with Gasteiger partial charge in [0.1, 0.15) is 6.61 Å². The molecule has 2 aromatic carbocycles. The molecule has 9 nitrogen and oxygen atoms in total. The lowest BCUT2D eigenvalue weighted by molar-refractivity contribution is -0.141. The summed E-state index contributed by atoms with van der Waals surface area (Å²) in [4.78, 5) is 27.8. The number of aliphatic hydroxyl groups excluding tert-OH is 1. The van der Waals surface area contributed by atoms with Crippen LogP contribution in [0, 0.1) is 5.92 Å². The molecule has 1 fully saturated rings. The summed E-state index contributed by atoms with van der Waals surface area (Å²) in [5.74, 6) is -1.87. The minimum atomic E-state index is -3.90. The number of esters is 1. The summed E-state index contributed by atoms with van der Waals surface area (Å²) in [6.07, 6.45) is 3.72. The summed E-state index contributed by atoms with van der Waals surface area (Å²) in [6, 6.07) is 18.5. The van der Waals surface area contributed by atoms with E-state index in [1.54, 1.807) is 13.8 Å². The molecule has 2 aliphatic rings. The number of rotatable bonds is 14. The van der Waals surface area contributed by atoms with Gasteiger partial charge in [0.2, 0.25) is 15.9 Å². The Kier molecular flexibility index (Phi) is 10.8. The third kappa shape index (κ3) is 8.34. The second kappa shape index (κ2) is 14.3. The molecule has 1 unspecified atom stereocenters. The highest BCUT2D eigenvalue weighted by Crippen LogP contribution is 2.40. The predicted octanol–water partition coefficient (Wildman–Crippen LogP) is 3.81. The highest BCUT2D eigenvalue weighted by molar-refractivity contribution is 7.88. The average Bonchev–Trinajstić information content (AvgIpc) is 3.79. The van der Waals surface area contributed by atoms with Gasteiger partial charge in [0.15, 0.2) is 0 Å². The van der Waals surface area contributed by atoms with Crippen molar-refractivity contribution in [2.24, 2.45) is 5.92 Å². The molecule has 0 spiro atoms. The first kappa shape index (κ1) is 32.4. The van der Waals surface area contributed by atoms with E-state index in [1.165, 1.54) is 0 Å². The molecule has 1 heterocycles. The number of aliphatic hydroxyl groups is 1. The van der Waals surface area contributed by atoms with Crippen LogP contribution in [0.3, 0.4) is 0 Å². The quantitative estimate of drug-likeness (QED) is 0.278. The van der Waals surface area contributed by atoms with E-state index < -0.39 is 40.0 Å². The Hall–Kier alpha value is -3.47. The zero-order chi connectivity index (χ0) is 31.1. The number of carbonyl (C=O) groups excluding carboxylic acids is 2. The van der Waals surface area contributed by atoms with Crippen LogP contribution in [0.1, 0.15) is 57.6 Å². The molecule has 0 saturated heterocycles. The van der Waals surface area contributed by atoms with Crippen molar-refractivity contribution in [1.29, 1.82) is 0 Å². The fraction of sp³-hybridized carbons (Fsp3) is 0.455. The molecular formula is C33H43N3O6S. The molecule has 1 aliphatic heterocycles. The van der Waals surface area contributed by atoms with Crippen molar-refractivity contribution in [2.45, 2.75) is 77.7 Å². The molecule has 0 radical (unpaired) electrons. The van der Waals surface area contributed by atoms with Gasteiger partial charge in [-0.3, -0.25) is 4.79 Å². The topological polar surface area (TPSA) is 125 Å². The zero-order valence-corrected chi connectivity index (χ0v) is 26.2. The number of nitrogens with one attached hydrogen (secondary N) is 2. The Morgan fingerprint density at radius 2 is 1.56 bits per heavy atom. The number of sulfonamides is 1. The molecule has 1 amide bonds. The number of carbonyl (C=O) groups is 2. The van der Waals surface area contributed by atoms with Crippen LogP contribution in [-0.4, -0.2) is 60.7 Å². The summed E-state index contributed by atoms with van der Waals surface area (Å²) in [5.41, 5.74) is 2.53. The van der Waals surface area contributed by atoms with Crippen molar-refractivity contribution in [2.75, 3.05) is 12.8 Å². The largest absolute Gasteiger partial charge is 0.457 e. The summed E-state index contributed by atoms with van der Waals surface area (Å²) in [7, 11) is -3.90. The monoisotopic (exact) mass is 609 g/mol. The molecule has 1 aliphatic carbocycles. The second-order valence-electron chi connectivity index (χ2n) is 11.4. The number of hydrogen-bond acceptors (Lipinski definition) is 7. The van der Waals surface area contributed by atoms with Crippen LogP contribution < -0.4 is 10.6 Å². The lowest BCUT2D eigenvalue weighted by Crippen LogP contribution is -2.51. The van der Waals surface area contributed by atoms with E-state index in [0.29, 0.717) is 31.8 Å². The van der Waals surface area contributed by atoms with Crippen LogP contribution in [0.4, 0.5) is 0 Å². The Morgan fingerprint density at radius 3 is 2.12 bits per heavy atom. The summed E-state index contributed by atoms with van der Waals surface area (Å²) < 4.78 is 32.8. The maximum Gasteiger partial charge on any atom is 0.336 e. The standard InChI is InChI=1S/C33H43N3O6S/c1-5-12-27-30(32(38)35-28(19-24-13-8-6-9-14-24)29(37)20-34-26-17-18-26)22(2)36(43(4,40)41)23(3)31(27)33(39)42-21-25-15-10-7-11-16-25/h6-11,13-16,26-29,34,37H,5,12,17-21H2,1-4H3,(H,35,38)/t27?,28-,29+/m0/s1. The smallest absolute Gasteiger partial charge is 0.336 e. The normalized spacial score (nSPS) is 18.8. The van der Waals surface area contributed by atoms with Gasteiger partial charge in [-0.05, 0) is 50.7 Å². The molecular weight excluding hydrogens is 566 g/mol. The van der Waals surface area contributed by atoms with E-state index in [4.69, 9.17) is 4.74 Å². The fourth-order valence-electron chi connectivity index (χ4n) is 5.72. The molecule has 43 heavy (non-hydrogen) atoms. The van der Waals surface area contributed by atoms with E-state index in [0.717, 1.165) is 34.5 Å². The van der Waals surface area contributed by atoms with Crippen LogP contribution in [-0.2, 0) is 37.4 Å². The fourth-order valence-corrected chi connectivity index (χ4v) is 6.91. The Labute approximate surface area is 255 Å². The van der Waals surface area contributed by atoms with Crippen LogP contribution >= 0.6 is 0 Å². The number of nitrogens with zero attached hydrogens (tertiary/aromatic N) is 1. The van der Waals surface area contributed by atoms with Gasteiger partial charge in [-0.25, -0.2) is 17.5 Å². The number of amides is 1. The van der Waals surface area contributed by atoms with Gasteiger partial charge in [-0.1, -0.05) is 74.0 Å². The van der Waals surface area contributed by atoms with Crippen LogP contribution in [0.5, 0.6) is 0 Å². The van der Waals surface area contributed by atoms with E-state index in [2.05, 4.69) is 10.6 Å². The highest BCUT2D eigenvalue weighted by atomic mass is 32.2. The first-order valence-corrected chi connectivity index (χ1v) is 16.7. The maximum atomic E-state index is 14.2. The van der Waals surface area contributed by atoms with E-state index >= 15 is 0 Å². The van der Waals surface area contributed by atoms with Gasteiger partial charge in [0.05, 0.1) is 24.0 Å². The minimum Gasteiger partial charge on any atom is -0.457 e. The molecule has 3 N–H and O–H groups in total. The summed E-state index contributed by atoms with van der Waals surface area (Å²) >= 11 is 0. The molecule has 232 valence electrons. The summed E-state index contributed by atoms with van der Waals surface area (Å²) in [5, 5.41) is 17.5. The van der Waals surface area contributed by atoms with Crippen molar-refractivity contribution in [3.05, 3.63) is 94.3 Å². The van der Waals surface area contributed by atoms with Crippen molar-refractivity contribution < 1.29 is 27.9 Å². The zero-order valence-electron chi connectivity index (χ0n) is 25.4. The number of hydrogen-bond donors (Lipinski definition) is 3. The molecule has 2 aromatic rings. The molecule has 0 aromatic heterocycles. The molecule has 3 atom stereocenters. The predicted molar refractivity (Wildman–Crippen MR) is 166 cm³/mol. The molecule has 1 saturated carbocycles. The molecule has 0 bridgehead atoms. The van der Waals surface area contributed by atoms with Crippen molar-refractivity contribution >= 4 is 21.9 Å². The Morgan fingerprint density at radius 1 is 0.977 bits per heavy atom. The molecule has 10 heteroatoms. The Balaban J connectivity index is 1.67. The average molecular weight is 610 g/mol. The minimum absolute atomic E-state index is 0.0116. The van der Waals surface area contributed by atoms with Crippen LogP contribution in [0.2, 0.25) is 0 Å². The van der Waals surface area contributed by atoms with E-state index in [-0.39, 0.29) is 29.1 Å². The lowest BCUT2D eigenvalue weighted by Gasteiger charge is -2.37. The van der Waals surface area contributed by atoms with Gasteiger partial charge in [0, 0.05) is 35.5 Å². The van der Waals surface area contributed by atoms with E-state index in [1.807, 2.05) is 67.6 Å². The van der Waals surface area contributed by atoms with Crippen molar-refractivity contribution in [3.63, 3.8) is 0 Å². The number of ether oxygens (including phenoxy) is 1. The van der Waals surface area contributed by atoms with E-state index in [9.17, 15) is 23.1 Å². The first-order chi connectivity index (χ1) is 20.5. The van der Waals surface area contributed by atoms with Gasteiger partial charge in [0.25, 0.3) is 0 Å². The lowest BCUT2D eigenvalue weighted by atomic mass is 9.81. The highest BCUT2D eigenvalue weighted by Gasteiger charge is 2.42. The first-order valence-electron chi connectivity index (χ1n) is 14.9. The van der Waals surface area contributed by atoms with Crippen molar-refractivity contribution in [3.8, 4) is 0 Å². The second-order valence-corrected chi connectivity index (χ2v) is 13.3. The van der Waals surface area contributed by atoms with Gasteiger partial charge in [-0.2, -0.15) is 0 Å².